The van der Waals surface area contributed by atoms with Crippen LogP contribution in [0.5, 0.6) is 0 Å². The van der Waals surface area contributed by atoms with Crippen LogP contribution in [0.2, 0.25) is 0 Å². The molecule has 1 fully saturated rings. The van der Waals surface area contributed by atoms with Crippen molar-refractivity contribution < 1.29 is 9.59 Å². The van der Waals surface area contributed by atoms with Crippen molar-refractivity contribution in [2.45, 2.75) is 44.4 Å². The minimum atomic E-state index is -0.188. The van der Waals surface area contributed by atoms with Crippen molar-refractivity contribution in [2.24, 2.45) is 0 Å². The van der Waals surface area contributed by atoms with Gasteiger partial charge in [-0.15, -0.1) is 0 Å². The smallest absolute Gasteiger partial charge is 0.262 e. The molecular weight excluding hydrogens is 474 g/mol. The zero-order valence-electron chi connectivity index (χ0n) is 20.9. The summed E-state index contributed by atoms with van der Waals surface area (Å²) in [4.78, 5) is 47.4. The molecule has 2 amide bonds. The number of anilines is 1. The second kappa shape index (κ2) is 12.1. The number of hydrogen-bond donors (Lipinski definition) is 1. The van der Waals surface area contributed by atoms with E-state index in [4.69, 9.17) is 0 Å². The van der Waals surface area contributed by atoms with Crippen molar-refractivity contribution in [2.75, 3.05) is 36.8 Å². The molecule has 4 rings (SSSR count). The SMILES string of the molecule is CC[C@@H](C)NC(=O)CSc1nc2ccccc2c(=O)n1CCC(=O)N1CCN(c2ccccc2)CC1. The van der Waals surface area contributed by atoms with Gasteiger partial charge in [0.15, 0.2) is 5.16 Å². The Kier molecular flexibility index (Phi) is 8.64. The Bertz CT molecular complexity index is 1260. The first-order valence-electron chi connectivity index (χ1n) is 12.5. The number of thioether (sulfide) groups is 1. The first-order chi connectivity index (χ1) is 17.5. The molecule has 0 saturated carbocycles. The summed E-state index contributed by atoms with van der Waals surface area (Å²) < 4.78 is 1.54. The molecule has 1 saturated heterocycles. The van der Waals surface area contributed by atoms with Crippen LogP contribution in [0.4, 0.5) is 5.69 Å². The van der Waals surface area contributed by atoms with E-state index in [2.05, 4.69) is 27.3 Å². The van der Waals surface area contributed by atoms with Crippen molar-refractivity contribution in [3.05, 3.63) is 65.0 Å². The molecule has 1 aliphatic heterocycles. The number of rotatable bonds is 9. The van der Waals surface area contributed by atoms with Gasteiger partial charge in [-0.1, -0.05) is 49.0 Å². The highest BCUT2D eigenvalue weighted by molar-refractivity contribution is 7.99. The van der Waals surface area contributed by atoms with Crippen LogP contribution in [0.25, 0.3) is 10.9 Å². The Morgan fingerprint density at radius 3 is 2.44 bits per heavy atom. The molecule has 3 aromatic rings. The van der Waals surface area contributed by atoms with Crippen molar-refractivity contribution in [3.8, 4) is 0 Å². The molecule has 1 aliphatic rings. The Morgan fingerprint density at radius 2 is 1.72 bits per heavy atom. The molecule has 1 aromatic heterocycles. The van der Waals surface area contributed by atoms with Crippen molar-refractivity contribution in [1.82, 2.24) is 19.8 Å². The predicted octanol–water partition coefficient (Wildman–Crippen LogP) is 3.14. The van der Waals surface area contributed by atoms with Gasteiger partial charge in [-0.2, -0.15) is 0 Å². The lowest BCUT2D eigenvalue weighted by Crippen LogP contribution is -2.49. The van der Waals surface area contributed by atoms with Crippen LogP contribution >= 0.6 is 11.8 Å². The van der Waals surface area contributed by atoms with Gasteiger partial charge in [0.1, 0.15) is 0 Å². The highest BCUT2D eigenvalue weighted by Crippen LogP contribution is 2.19. The topological polar surface area (TPSA) is 87.5 Å². The number of para-hydroxylation sites is 2. The number of aromatic nitrogens is 2. The molecule has 0 radical (unpaired) electrons. The molecule has 1 N–H and O–H groups in total. The number of carbonyl (C=O) groups is 2. The standard InChI is InChI=1S/C27H33N5O3S/c1-3-20(2)28-24(33)19-36-27-29-23-12-8-7-11-22(23)26(35)32(27)14-13-25(34)31-17-15-30(16-18-31)21-9-5-4-6-10-21/h4-12,20H,3,13-19H2,1-2H3,(H,28,33)/t20-/m1/s1. The monoisotopic (exact) mass is 507 g/mol. The summed E-state index contributed by atoms with van der Waals surface area (Å²) in [6.07, 6.45) is 1.05. The van der Waals surface area contributed by atoms with E-state index in [1.165, 1.54) is 11.8 Å². The lowest BCUT2D eigenvalue weighted by molar-refractivity contribution is -0.131. The molecule has 2 heterocycles. The quantitative estimate of drug-likeness (QED) is 0.354. The fourth-order valence-corrected chi connectivity index (χ4v) is 5.06. The van der Waals surface area contributed by atoms with Crippen LogP contribution in [0, 0.1) is 0 Å². The van der Waals surface area contributed by atoms with E-state index < -0.39 is 0 Å². The maximum Gasteiger partial charge on any atom is 0.262 e. The number of piperazine rings is 1. The minimum absolute atomic E-state index is 0.0215. The third-order valence-electron chi connectivity index (χ3n) is 6.48. The van der Waals surface area contributed by atoms with Crippen LogP contribution < -0.4 is 15.8 Å². The minimum Gasteiger partial charge on any atom is -0.368 e. The third kappa shape index (κ3) is 6.26. The maximum absolute atomic E-state index is 13.3. The average molecular weight is 508 g/mol. The molecule has 1 atom stereocenters. The lowest BCUT2D eigenvalue weighted by atomic mass is 10.2. The van der Waals surface area contributed by atoms with Gasteiger partial charge in [0.2, 0.25) is 11.8 Å². The van der Waals surface area contributed by atoms with E-state index in [9.17, 15) is 14.4 Å². The number of fused-ring (bicyclic) bond motifs is 1. The molecule has 0 unspecified atom stereocenters. The molecule has 190 valence electrons. The molecule has 8 nitrogen and oxygen atoms in total. The fraction of sp³-hybridized carbons (Fsp3) is 0.407. The molecular formula is C27H33N5O3S. The van der Waals surface area contributed by atoms with Crippen LogP contribution in [0.3, 0.4) is 0 Å². The highest BCUT2D eigenvalue weighted by Gasteiger charge is 2.22. The Hall–Kier alpha value is -3.33. The molecule has 36 heavy (non-hydrogen) atoms. The average Bonchev–Trinajstić information content (AvgIpc) is 2.92. The lowest BCUT2D eigenvalue weighted by Gasteiger charge is -2.36. The van der Waals surface area contributed by atoms with Gasteiger partial charge in [0.25, 0.3) is 5.56 Å². The largest absolute Gasteiger partial charge is 0.368 e. The summed E-state index contributed by atoms with van der Waals surface area (Å²) in [5.41, 5.74) is 1.57. The number of hydrogen-bond acceptors (Lipinski definition) is 6. The van der Waals surface area contributed by atoms with Gasteiger partial charge in [0, 0.05) is 50.9 Å². The van der Waals surface area contributed by atoms with Gasteiger partial charge in [-0.3, -0.25) is 19.0 Å². The zero-order valence-corrected chi connectivity index (χ0v) is 21.7. The van der Waals surface area contributed by atoms with Gasteiger partial charge >= 0.3 is 0 Å². The molecule has 0 bridgehead atoms. The highest BCUT2D eigenvalue weighted by atomic mass is 32.2. The van der Waals surface area contributed by atoms with Gasteiger partial charge in [-0.25, -0.2) is 4.98 Å². The molecule has 0 spiro atoms. The molecule has 9 heteroatoms. The summed E-state index contributed by atoms with van der Waals surface area (Å²) in [6, 6.07) is 17.5. The van der Waals surface area contributed by atoms with E-state index in [0.29, 0.717) is 29.1 Å². The Balaban J connectivity index is 1.43. The van der Waals surface area contributed by atoms with Crippen molar-refractivity contribution in [3.63, 3.8) is 0 Å². The van der Waals surface area contributed by atoms with E-state index >= 15 is 0 Å². The summed E-state index contributed by atoms with van der Waals surface area (Å²) in [7, 11) is 0. The van der Waals surface area contributed by atoms with E-state index in [1.54, 1.807) is 22.8 Å². The second-order valence-corrected chi connectivity index (χ2v) is 9.93. The van der Waals surface area contributed by atoms with E-state index in [-0.39, 0.29) is 42.1 Å². The normalized spacial score (nSPS) is 14.6. The third-order valence-corrected chi connectivity index (χ3v) is 7.46. The van der Waals surface area contributed by atoms with E-state index in [0.717, 1.165) is 25.2 Å². The first-order valence-corrected chi connectivity index (χ1v) is 13.4. The number of carbonyl (C=O) groups excluding carboxylic acids is 2. The zero-order chi connectivity index (χ0) is 25.5. The van der Waals surface area contributed by atoms with Crippen LogP contribution in [-0.2, 0) is 16.1 Å². The number of nitrogens with one attached hydrogen (secondary N) is 1. The number of nitrogens with zero attached hydrogens (tertiary/aromatic N) is 4. The Morgan fingerprint density at radius 1 is 1.03 bits per heavy atom. The first kappa shape index (κ1) is 25.8. The van der Waals surface area contributed by atoms with Crippen LogP contribution in [0.15, 0.2) is 64.5 Å². The van der Waals surface area contributed by atoms with Crippen molar-refractivity contribution in [1.29, 1.82) is 0 Å². The van der Waals surface area contributed by atoms with Crippen LogP contribution in [0.1, 0.15) is 26.7 Å². The van der Waals surface area contributed by atoms with Gasteiger partial charge < -0.3 is 15.1 Å². The van der Waals surface area contributed by atoms with Crippen molar-refractivity contribution >= 4 is 40.2 Å². The molecule has 0 aliphatic carbocycles. The summed E-state index contributed by atoms with van der Waals surface area (Å²) in [5, 5.41) is 3.91. The predicted molar refractivity (Wildman–Crippen MR) is 144 cm³/mol. The maximum atomic E-state index is 13.3. The summed E-state index contributed by atoms with van der Waals surface area (Å²) in [6.45, 7) is 7.05. The Labute approximate surface area is 215 Å². The van der Waals surface area contributed by atoms with Gasteiger partial charge in [0.05, 0.1) is 16.7 Å². The fourth-order valence-electron chi connectivity index (χ4n) is 4.22. The van der Waals surface area contributed by atoms with Crippen LogP contribution in [-0.4, -0.2) is 64.2 Å². The number of amides is 2. The molecule has 2 aromatic carbocycles. The van der Waals surface area contributed by atoms with E-state index in [1.807, 2.05) is 43.0 Å². The second-order valence-electron chi connectivity index (χ2n) is 8.99. The summed E-state index contributed by atoms with van der Waals surface area (Å²) >= 11 is 1.23. The number of benzene rings is 2. The van der Waals surface area contributed by atoms with Gasteiger partial charge in [-0.05, 0) is 37.6 Å². The summed E-state index contributed by atoms with van der Waals surface area (Å²) in [5.74, 6) is 0.0775.